The van der Waals surface area contributed by atoms with Gasteiger partial charge in [-0.1, -0.05) is 36.4 Å². The van der Waals surface area contributed by atoms with Crippen LogP contribution in [0.25, 0.3) is 39.1 Å². The van der Waals surface area contributed by atoms with Crippen molar-refractivity contribution in [3.63, 3.8) is 0 Å². The van der Waals surface area contributed by atoms with Gasteiger partial charge in [-0.15, -0.1) is 0 Å². The lowest BCUT2D eigenvalue weighted by atomic mass is 9.97. The number of likely N-dealkylation sites (tertiary alicyclic amines) is 1. The summed E-state index contributed by atoms with van der Waals surface area (Å²) in [6.07, 6.45) is 8.66. The van der Waals surface area contributed by atoms with Gasteiger partial charge < -0.3 is 15.0 Å². The van der Waals surface area contributed by atoms with Gasteiger partial charge in [0.2, 0.25) is 5.91 Å². The fraction of sp³-hybridized carbons (Fsp3) is 0.325. The monoisotopic (exact) mass is 685 g/mol. The summed E-state index contributed by atoms with van der Waals surface area (Å²) in [4.78, 5) is 39.5. The second kappa shape index (κ2) is 13.8. The minimum atomic E-state index is -1.08. The lowest BCUT2D eigenvalue weighted by molar-refractivity contribution is -0.140. The van der Waals surface area contributed by atoms with Gasteiger partial charge in [0.25, 0.3) is 5.91 Å². The van der Waals surface area contributed by atoms with Gasteiger partial charge in [-0.25, -0.2) is 14.4 Å². The Morgan fingerprint density at radius 3 is 2.65 bits per heavy atom. The van der Waals surface area contributed by atoms with E-state index in [-0.39, 0.29) is 24.2 Å². The van der Waals surface area contributed by atoms with E-state index in [1.165, 1.54) is 24.5 Å². The summed E-state index contributed by atoms with van der Waals surface area (Å²) in [5, 5.41) is 11.8. The zero-order chi connectivity index (χ0) is 35.0. The molecule has 0 bridgehead atoms. The van der Waals surface area contributed by atoms with Crippen LogP contribution < -0.4 is 5.32 Å². The van der Waals surface area contributed by atoms with E-state index in [1.807, 2.05) is 42.2 Å². The fourth-order valence-electron chi connectivity index (χ4n) is 7.35. The van der Waals surface area contributed by atoms with E-state index in [0.717, 1.165) is 27.7 Å². The van der Waals surface area contributed by atoms with Crippen molar-refractivity contribution in [1.29, 1.82) is 0 Å². The summed E-state index contributed by atoms with van der Waals surface area (Å²) in [6.45, 7) is 4.17. The number of hydrogen-bond donors (Lipinski definition) is 2. The molecule has 0 radical (unpaired) electrons. The minimum Gasteiger partial charge on any atom is -0.364 e. The molecule has 1 saturated heterocycles. The molecule has 260 valence electrons. The average molecular weight is 686 g/mol. The number of benzene rings is 3. The van der Waals surface area contributed by atoms with Crippen LogP contribution in [0.5, 0.6) is 0 Å². The highest BCUT2D eigenvalue weighted by molar-refractivity contribution is 6.01. The van der Waals surface area contributed by atoms with Crippen LogP contribution in [0.2, 0.25) is 0 Å². The third kappa shape index (κ3) is 6.79. The van der Waals surface area contributed by atoms with Crippen molar-refractivity contribution in [2.75, 3.05) is 44.6 Å². The number of halogens is 1. The van der Waals surface area contributed by atoms with Crippen LogP contribution in [0.4, 0.5) is 10.1 Å². The summed E-state index contributed by atoms with van der Waals surface area (Å²) < 4.78 is 21.3. The Morgan fingerprint density at radius 2 is 1.88 bits per heavy atom. The number of carbonyl (C=O) groups excluding carboxylic acids is 2. The molecule has 0 unspecified atom stereocenters. The Morgan fingerprint density at radius 1 is 1.02 bits per heavy atom. The zero-order valence-electron chi connectivity index (χ0n) is 28.6. The Bertz CT molecular complexity index is 2130. The highest BCUT2D eigenvalue weighted by Crippen LogP contribution is 2.41. The quantitative estimate of drug-likeness (QED) is 0.174. The Labute approximate surface area is 295 Å². The molecule has 11 heteroatoms. The summed E-state index contributed by atoms with van der Waals surface area (Å²) >= 11 is 0. The molecule has 5 aromatic rings. The van der Waals surface area contributed by atoms with E-state index in [2.05, 4.69) is 49.7 Å². The molecule has 10 nitrogen and oxygen atoms in total. The molecule has 4 heterocycles. The summed E-state index contributed by atoms with van der Waals surface area (Å²) in [5.41, 5.74) is 5.75. The molecule has 8 rings (SSSR count). The van der Waals surface area contributed by atoms with Crippen LogP contribution in [0.15, 0.2) is 85.2 Å². The number of aromatic nitrogens is 4. The maximum absolute atomic E-state index is 15.1. The number of nitrogens with one attached hydrogen (secondary N) is 2. The standard InChI is InChI=1S/C40H40FN7O3/c1-2-51-40(39(50)44-31-10-12-35-33(23-31)37(46-45-35)29-6-3-5-28(21-29)26-7-8-26)15-20-47(25-40)24-36(49)48-18-13-27(14-19-48)32-11-9-30(22-34(32)41)38-42-16-4-17-43-38/h3-6,9-13,16-17,21-23,26H,2,7-8,14-15,18-20,24-25H2,1H3,(H,44,50)(H,45,46)/t40-/m0/s1. The van der Waals surface area contributed by atoms with Crippen molar-refractivity contribution in [3.05, 3.63) is 102 Å². The molecule has 1 atom stereocenters. The van der Waals surface area contributed by atoms with Gasteiger partial charge in [0, 0.05) is 72.9 Å². The van der Waals surface area contributed by atoms with E-state index in [9.17, 15) is 9.59 Å². The maximum atomic E-state index is 15.1. The predicted octanol–water partition coefficient (Wildman–Crippen LogP) is 6.44. The van der Waals surface area contributed by atoms with E-state index >= 15 is 4.39 Å². The van der Waals surface area contributed by atoms with Gasteiger partial charge >= 0.3 is 0 Å². The first-order valence-electron chi connectivity index (χ1n) is 17.7. The highest BCUT2D eigenvalue weighted by Gasteiger charge is 2.46. The van der Waals surface area contributed by atoms with Crippen molar-refractivity contribution >= 4 is 34.0 Å². The Balaban J connectivity index is 0.906. The van der Waals surface area contributed by atoms with Crippen molar-refractivity contribution in [3.8, 4) is 22.6 Å². The molecule has 0 spiro atoms. The highest BCUT2D eigenvalue weighted by atomic mass is 19.1. The number of hydrogen-bond acceptors (Lipinski definition) is 7. The van der Waals surface area contributed by atoms with Crippen molar-refractivity contribution < 1.29 is 18.7 Å². The lowest BCUT2D eigenvalue weighted by Crippen LogP contribution is -2.49. The number of rotatable bonds is 10. The Kier molecular flexibility index (Phi) is 8.91. The summed E-state index contributed by atoms with van der Waals surface area (Å²) in [6, 6.07) is 21.1. The molecule has 51 heavy (non-hydrogen) atoms. The predicted molar refractivity (Wildman–Crippen MR) is 194 cm³/mol. The van der Waals surface area contributed by atoms with E-state index in [1.54, 1.807) is 29.4 Å². The third-order valence-electron chi connectivity index (χ3n) is 10.2. The summed E-state index contributed by atoms with van der Waals surface area (Å²) in [7, 11) is 0. The van der Waals surface area contributed by atoms with Crippen LogP contribution in [0, 0.1) is 5.82 Å². The van der Waals surface area contributed by atoms with Crippen LogP contribution >= 0.6 is 0 Å². The van der Waals surface area contributed by atoms with E-state index < -0.39 is 5.60 Å². The topological polar surface area (TPSA) is 116 Å². The van der Waals surface area contributed by atoms with Crippen molar-refractivity contribution in [1.82, 2.24) is 30.0 Å². The van der Waals surface area contributed by atoms with Gasteiger partial charge in [0.15, 0.2) is 11.4 Å². The van der Waals surface area contributed by atoms with E-state index in [0.29, 0.717) is 74.2 Å². The second-order valence-corrected chi connectivity index (χ2v) is 13.7. The number of amides is 2. The number of ether oxygens (including phenoxy) is 1. The lowest BCUT2D eigenvalue weighted by Gasteiger charge is -2.30. The Hall–Kier alpha value is -5.26. The van der Waals surface area contributed by atoms with Crippen LogP contribution in [-0.2, 0) is 14.3 Å². The van der Waals surface area contributed by atoms with Crippen molar-refractivity contribution in [2.24, 2.45) is 0 Å². The van der Waals surface area contributed by atoms with Gasteiger partial charge in [-0.3, -0.25) is 19.6 Å². The average Bonchev–Trinajstić information content (AvgIpc) is 3.81. The SMILES string of the molecule is CCO[C@@]1(C(=O)Nc2ccc3[nH]nc(-c4cccc(C5CC5)c4)c3c2)CCN(CC(=O)N2CC=C(c3ccc(-c4ncccn4)cc3F)CC2)C1. The number of carbonyl (C=O) groups is 2. The van der Waals surface area contributed by atoms with Crippen LogP contribution in [0.1, 0.15) is 49.7 Å². The number of aromatic amines is 1. The number of nitrogens with zero attached hydrogens (tertiary/aromatic N) is 5. The van der Waals surface area contributed by atoms with Gasteiger partial charge in [-0.2, -0.15) is 5.10 Å². The molecule has 2 aliphatic heterocycles. The van der Waals surface area contributed by atoms with Gasteiger partial charge in [0.1, 0.15) is 5.82 Å². The minimum absolute atomic E-state index is 0.0289. The molecular weight excluding hydrogens is 645 g/mol. The molecule has 1 saturated carbocycles. The number of H-pyrrole nitrogens is 1. The third-order valence-corrected chi connectivity index (χ3v) is 10.2. The van der Waals surface area contributed by atoms with Crippen LogP contribution in [0.3, 0.4) is 0 Å². The first-order valence-corrected chi connectivity index (χ1v) is 17.7. The van der Waals surface area contributed by atoms with Crippen molar-refractivity contribution in [2.45, 2.75) is 44.1 Å². The zero-order valence-corrected chi connectivity index (χ0v) is 28.6. The summed E-state index contributed by atoms with van der Waals surface area (Å²) in [5.74, 6) is 0.524. The fourth-order valence-corrected chi connectivity index (χ4v) is 7.35. The maximum Gasteiger partial charge on any atom is 0.258 e. The van der Waals surface area contributed by atoms with Crippen LogP contribution in [-0.4, -0.2) is 86.7 Å². The number of fused-ring (bicyclic) bond motifs is 1. The molecular formula is C40H40FN7O3. The smallest absolute Gasteiger partial charge is 0.258 e. The van der Waals surface area contributed by atoms with Gasteiger partial charge in [-0.05, 0) is 86.1 Å². The molecule has 2 aromatic heterocycles. The normalized spacial score (nSPS) is 19.3. The first-order chi connectivity index (χ1) is 24.9. The largest absolute Gasteiger partial charge is 0.364 e. The molecule has 2 fully saturated rings. The first kappa shape index (κ1) is 32.9. The van der Waals surface area contributed by atoms with E-state index in [4.69, 9.17) is 4.74 Å². The molecule has 2 amide bonds. The molecule has 3 aliphatic rings. The molecule has 2 N–H and O–H groups in total. The second-order valence-electron chi connectivity index (χ2n) is 13.7. The molecule has 3 aromatic carbocycles. The van der Waals surface area contributed by atoms with Gasteiger partial charge in [0.05, 0.1) is 17.8 Å². The number of anilines is 1. The molecule has 1 aliphatic carbocycles.